The Morgan fingerprint density at radius 2 is 1.04 bits per heavy atom. The van der Waals surface area contributed by atoms with E-state index in [1.54, 1.807) is 0 Å². The molecule has 116 valence electrons. The van der Waals surface area contributed by atoms with Crippen LogP contribution in [-0.4, -0.2) is 7.05 Å². The molecule has 0 atom stereocenters. The van der Waals surface area contributed by atoms with Crippen molar-refractivity contribution in [2.24, 2.45) is 0 Å². The molecule has 0 unspecified atom stereocenters. The van der Waals surface area contributed by atoms with Crippen molar-refractivity contribution in [3.05, 3.63) is 102 Å². The molecule has 3 rings (SSSR count). The monoisotopic (exact) mass is 301 g/mol. The molecule has 3 aromatic rings. The Labute approximate surface area is 139 Å². The van der Waals surface area contributed by atoms with Gasteiger partial charge in [-0.25, -0.2) is 0 Å². The highest BCUT2D eigenvalue weighted by atomic mass is 15.2. The highest BCUT2D eigenvalue weighted by molar-refractivity contribution is 5.55. The van der Waals surface area contributed by atoms with E-state index in [1.165, 1.54) is 16.8 Å². The predicted molar refractivity (Wildman–Crippen MR) is 98.8 cm³/mol. The maximum Gasteiger partial charge on any atom is 0.0900 e. The first-order chi connectivity index (χ1) is 11.3. The number of hydrogen-bond donors (Lipinski definition) is 0. The SMILES string of the molecule is CCC(c1ccccc1)(c1ccccc1)N(C)c1ccccc1. The van der Waals surface area contributed by atoms with E-state index in [4.69, 9.17) is 0 Å². The average Bonchev–Trinajstić information content (AvgIpc) is 2.65. The maximum absolute atomic E-state index is 2.40. The summed E-state index contributed by atoms with van der Waals surface area (Å²) in [6.07, 6.45) is 0.992. The van der Waals surface area contributed by atoms with Crippen molar-refractivity contribution < 1.29 is 0 Å². The molecule has 0 bridgehead atoms. The number of benzene rings is 3. The molecular formula is C22H23N. The van der Waals surface area contributed by atoms with Gasteiger partial charge in [0.2, 0.25) is 0 Å². The average molecular weight is 301 g/mol. The van der Waals surface area contributed by atoms with Gasteiger partial charge in [0.25, 0.3) is 0 Å². The summed E-state index contributed by atoms with van der Waals surface area (Å²) in [7, 11) is 2.19. The lowest BCUT2D eigenvalue weighted by Crippen LogP contribution is -2.44. The Bertz CT molecular complexity index is 680. The molecule has 0 saturated heterocycles. The zero-order valence-electron chi connectivity index (χ0n) is 13.8. The fourth-order valence-corrected chi connectivity index (χ4v) is 3.50. The van der Waals surface area contributed by atoms with Crippen LogP contribution in [0.15, 0.2) is 91.0 Å². The van der Waals surface area contributed by atoms with Crippen LogP contribution in [0.1, 0.15) is 24.5 Å². The van der Waals surface area contributed by atoms with Crippen molar-refractivity contribution in [3.8, 4) is 0 Å². The Kier molecular flexibility index (Phi) is 4.47. The molecular weight excluding hydrogens is 278 g/mol. The van der Waals surface area contributed by atoms with Crippen LogP contribution in [0.2, 0.25) is 0 Å². The van der Waals surface area contributed by atoms with Gasteiger partial charge in [0.05, 0.1) is 5.54 Å². The molecule has 0 spiro atoms. The minimum atomic E-state index is -0.177. The first kappa shape index (κ1) is 15.4. The van der Waals surface area contributed by atoms with Gasteiger partial charge in [-0.15, -0.1) is 0 Å². The van der Waals surface area contributed by atoms with E-state index >= 15 is 0 Å². The van der Waals surface area contributed by atoms with Crippen molar-refractivity contribution in [2.75, 3.05) is 11.9 Å². The van der Waals surface area contributed by atoms with Crippen molar-refractivity contribution in [1.29, 1.82) is 0 Å². The van der Waals surface area contributed by atoms with Crippen LogP contribution in [-0.2, 0) is 5.54 Å². The van der Waals surface area contributed by atoms with E-state index in [0.717, 1.165) is 6.42 Å². The van der Waals surface area contributed by atoms with Gasteiger partial charge in [-0.05, 0) is 29.7 Å². The Balaban J connectivity index is 2.21. The lowest BCUT2D eigenvalue weighted by atomic mass is 9.79. The molecule has 0 heterocycles. The van der Waals surface area contributed by atoms with Gasteiger partial charge < -0.3 is 4.90 Å². The number of rotatable bonds is 5. The molecule has 0 saturated carbocycles. The zero-order valence-corrected chi connectivity index (χ0v) is 13.8. The molecule has 0 N–H and O–H groups in total. The lowest BCUT2D eigenvalue weighted by molar-refractivity contribution is 0.486. The van der Waals surface area contributed by atoms with Crippen LogP contribution in [0.25, 0.3) is 0 Å². The van der Waals surface area contributed by atoms with Gasteiger partial charge in [0.15, 0.2) is 0 Å². The van der Waals surface area contributed by atoms with Gasteiger partial charge >= 0.3 is 0 Å². The summed E-state index contributed by atoms with van der Waals surface area (Å²) in [6, 6.07) is 32.2. The second-order valence-electron chi connectivity index (χ2n) is 5.84. The Hall–Kier alpha value is -2.54. The smallest absolute Gasteiger partial charge is 0.0900 e. The Morgan fingerprint density at radius 3 is 1.43 bits per heavy atom. The molecule has 0 aliphatic carbocycles. The molecule has 3 aromatic carbocycles. The molecule has 0 radical (unpaired) electrons. The van der Waals surface area contributed by atoms with Crippen LogP contribution in [0, 0.1) is 0 Å². The molecule has 0 amide bonds. The number of nitrogens with zero attached hydrogens (tertiary/aromatic N) is 1. The van der Waals surface area contributed by atoms with E-state index < -0.39 is 0 Å². The third kappa shape index (κ3) is 2.75. The lowest BCUT2D eigenvalue weighted by Gasteiger charge is -2.44. The quantitative estimate of drug-likeness (QED) is 0.603. The van der Waals surface area contributed by atoms with E-state index in [0.29, 0.717) is 0 Å². The summed E-state index contributed by atoms with van der Waals surface area (Å²) in [5.41, 5.74) is 3.69. The third-order valence-electron chi connectivity index (χ3n) is 4.73. The molecule has 23 heavy (non-hydrogen) atoms. The van der Waals surface area contributed by atoms with Crippen LogP contribution >= 0.6 is 0 Å². The van der Waals surface area contributed by atoms with Crippen LogP contribution in [0.3, 0.4) is 0 Å². The number of hydrogen-bond acceptors (Lipinski definition) is 1. The summed E-state index contributed by atoms with van der Waals surface area (Å²) < 4.78 is 0. The van der Waals surface area contributed by atoms with E-state index in [2.05, 4.69) is 110 Å². The van der Waals surface area contributed by atoms with Crippen molar-refractivity contribution in [1.82, 2.24) is 0 Å². The molecule has 0 aliphatic heterocycles. The number of para-hydroxylation sites is 1. The third-order valence-corrected chi connectivity index (χ3v) is 4.73. The molecule has 0 fully saturated rings. The molecule has 1 nitrogen and oxygen atoms in total. The topological polar surface area (TPSA) is 3.24 Å². The maximum atomic E-state index is 2.40. The second kappa shape index (κ2) is 6.70. The van der Waals surface area contributed by atoms with Crippen LogP contribution < -0.4 is 4.90 Å². The van der Waals surface area contributed by atoms with Gasteiger partial charge in [0.1, 0.15) is 0 Å². The first-order valence-corrected chi connectivity index (χ1v) is 8.19. The second-order valence-corrected chi connectivity index (χ2v) is 5.84. The highest BCUT2D eigenvalue weighted by Gasteiger charge is 2.36. The summed E-state index contributed by atoms with van der Waals surface area (Å²) in [6.45, 7) is 2.26. The molecule has 0 aliphatic rings. The molecule has 0 aromatic heterocycles. The van der Waals surface area contributed by atoms with E-state index in [1.807, 2.05) is 0 Å². The van der Waals surface area contributed by atoms with Crippen LogP contribution in [0.4, 0.5) is 5.69 Å². The Morgan fingerprint density at radius 1 is 0.652 bits per heavy atom. The summed E-state index contributed by atoms with van der Waals surface area (Å²) >= 11 is 0. The standard InChI is InChI=1S/C22H23N/c1-3-22(19-13-7-4-8-14-19,20-15-9-5-10-16-20)23(2)21-17-11-6-12-18-21/h4-18H,3H2,1-2H3. The van der Waals surface area contributed by atoms with Gasteiger partial charge in [-0.3, -0.25) is 0 Å². The van der Waals surface area contributed by atoms with Crippen LogP contribution in [0.5, 0.6) is 0 Å². The normalized spacial score (nSPS) is 11.2. The van der Waals surface area contributed by atoms with Crippen molar-refractivity contribution >= 4 is 5.69 Å². The van der Waals surface area contributed by atoms with E-state index in [-0.39, 0.29) is 5.54 Å². The van der Waals surface area contributed by atoms with E-state index in [9.17, 15) is 0 Å². The minimum absolute atomic E-state index is 0.177. The summed E-state index contributed by atoms with van der Waals surface area (Å²) in [5.74, 6) is 0. The van der Waals surface area contributed by atoms with Crippen molar-refractivity contribution in [2.45, 2.75) is 18.9 Å². The fourth-order valence-electron chi connectivity index (χ4n) is 3.50. The largest absolute Gasteiger partial charge is 0.361 e. The van der Waals surface area contributed by atoms with Gasteiger partial charge in [-0.1, -0.05) is 85.8 Å². The summed E-state index contributed by atoms with van der Waals surface area (Å²) in [5, 5.41) is 0. The predicted octanol–water partition coefficient (Wildman–Crippen LogP) is 5.48. The summed E-state index contributed by atoms with van der Waals surface area (Å²) in [4.78, 5) is 2.40. The first-order valence-electron chi connectivity index (χ1n) is 8.19. The minimum Gasteiger partial charge on any atom is -0.361 e. The number of anilines is 1. The van der Waals surface area contributed by atoms with Crippen molar-refractivity contribution in [3.63, 3.8) is 0 Å². The fraction of sp³-hybridized carbons (Fsp3) is 0.182. The van der Waals surface area contributed by atoms with Gasteiger partial charge in [-0.2, -0.15) is 0 Å². The highest BCUT2D eigenvalue weighted by Crippen LogP contribution is 2.40. The molecule has 1 heteroatoms. The zero-order chi connectivity index (χ0) is 16.1. The van der Waals surface area contributed by atoms with Gasteiger partial charge in [0, 0.05) is 12.7 Å².